The first-order valence-corrected chi connectivity index (χ1v) is 9.82. The summed E-state index contributed by atoms with van der Waals surface area (Å²) in [5, 5.41) is 12.9. The number of pyridine rings is 1. The number of aliphatic hydroxyl groups is 1. The van der Waals surface area contributed by atoms with E-state index < -0.39 is 6.10 Å². The summed E-state index contributed by atoms with van der Waals surface area (Å²) in [6, 6.07) is 14.6. The first-order chi connectivity index (χ1) is 14.1. The predicted molar refractivity (Wildman–Crippen MR) is 110 cm³/mol. The summed E-state index contributed by atoms with van der Waals surface area (Å²) in [5.74, 6) is 0.973. The number of β-amino-alcohol motifs (C(OH)–C–C–N with tert-alkyl or cyclic N) is 1. The molecule has 0 bridgehead atoms. The van der Waals surface area contributed by atoms with Crippen LogP contribution in [0.3, 0.4) is 0 Å². The molecule has 3 aromatic rings. The zero-order valence-corrected chi connectivity index (χ0v) is 16.5. The highest BCUT2D eigenvalue weighted by Gasteiger charge is 2.32. The fourth-order valence-electron chi connectivity index (χ4n) is 3.43. The lowest BCUT2D eigenvalue weighted by Crippen LogP contribution is -2.52. The number of nitrogens with zero attached hydrogens (tertiary/aromatic N) is 2. The number of aliphatic hydroxyl groups excluding tert-OH is 1. The Kier molecular flexibility index (Phi) is 5.83. The Bertz CT molecular complexity index is 1010. The van der Waals surface area contributed by atoms with Gasteiger partial charge in [-0.2, -0.15) is 0 Å². The maximum atomic E-state index is 12.5. The molecule has 2 aromatic carbocycles. The van der Waals surface area contributed by atoms with E-state index in [9.17, 15) is 9.90 Å². The minimum Gasteiger partial charge on any atom is -0.487 e. The molecule has 6 nitrogen and oxygen atoms in total. The molecule has 1 fully saturated rings. The van der Waals surface area contributed by atoms with E-state index in [2.05, 4.69) is 4.98 Å². The fraction of sp³-hybridized carbons (Fsp3) is 0.273. The average molecular weight is 413 g/mol. The number of likely N-dealkylation sites (tertiary alicyclic amines) is 1. The van der Waals surface area contributed by atoms with Crippen molar-refractivity contribution in [1.29, 1.82) is 0 Å². The van der Waals surface area contributed by atoms with Crippen LogP contribution in [0.4, 0.5) is 0 Å². The molecule has 0 unspecified atom stereocenters. The first kappa shape index (κ1) is 19.5. The normalized spacial score (nSPS) is 19.2. The van der Waals surface area contributed by atoms with Crippen molar-refractivity contribution in [1.82, 2.24) is 9.88 Å². The van der Waals surface area contributed by atoms with E-state index in [1.54, 1.807) is 41.6 Å². The highest BCUT2D eigenvalue weighted by molar-refractivity contribution is 6.32. The number of para-hydroxylation sites is 1. The molecule has 4 rings (SSSR count). The number of rotatable bonds is 5. The van der Waals surface area contributed by atoms with Crippen LogP contribution in [-0.2, 0) is 4.79 Å². The van der Waals surface area contributed by atoms with Crippen LogP contribution in [0.5, 0.6) is 11.5 Å². The van der Waals surface area contributed by atoms with E-state index in [0.29, 0.717) is 29.5 Å². The summed E-state index contributed by atoms with van der Waals surface area (Å²) < 4.78 is 11.6. The molecule has 1 aromatic heterocycles. The first-order valence-electron chi connectivity index (χ1n) is 9.44. The van der Waals surface area contributed by atoms with Gasteiger partial charge in [0.25, 0.3) is 5.91 Å². The Morgan fingerprint density at radius 2 is 2.00 bits per heavy atom. The van der Waals surface area contributed by atoms with Crippen molar-refractivity contribution in [3.8, 4) is 11.5 Å². The van der Waals surface area contributed by atoms with Crippen molar-refractivity contribution in [3.05, 3.63) is 65.9 Å². The molecule has 1 aliphatic rings. The van der Waals surface area contributed by atoms with Gasteiger partial charge in [-0.3, -0.25) is 9.78 Å². The zero-order chi connectivity index (χ0) is 20.2. The summed E-state index contributed by atoms with van der Waals surface area (Å²) in [6.07, 6.45) is 2.85. The molecule has 0 spiro atoms. The number of fused-ring (bicyclic) bond motifs is 1. The quantitative estimate of drug-likeness (QED) is 0.696. The van der Waals surface area contributed by atoms with Crippen molar-refractivity contribution in [3.63, 3.8) is 0 Å². The molecule has 0 aliphatic carbocycles. The molecule has 0 saturated carbocycles. The Morgan fingerprint density at radius 1 is 1.17 bits per heavy atom. The topological polar surface area (TPSA) is 71.9 Å². The molecular weight excluding hydrogens is 392 g/mol. The Labute approximate surface area is 173 Å². The van der Waals surface area contributed by atoms with Gasteiger partial charge in [-0.25, -0.2) is 0 Å². The zero-order valence-electron chi connectivity index (χ0n) is 15.7. The fourth-order valence-corrected chi connectivity index (χ4v) is 3.62. The average Bonchev–Trinajstić information content (AvgIpc) is 2.74. The Morgan fingerprint density at radius 3 is 2.83 bits per heavy atom. The smallest absolute Gasteiger partial charge is 0.260 e. The lowest BCUT2D eigenvalue weighted by atomic mass is 10.0. The molecule has 2 heterocycles. The minimum atomic E-state index is -0.787. The van der Waals surface area contributed by atoms with E-state index >= 15 is 0 Å². The molecule has 0 radical (unpaired) electrons. The largest absolute Gasteiger partial charge is 0.487 e. The molecule has 29 heavy (non-hydrogen) atoms. The molecule has 150 valence electrons. The third-order valence-electron chi connectivity index (χ3n) is 4.98. The number of carbonyl (C=O) groups excluding carboxylic acids is 1. The summed E-state index contributed by atoms with van der Waals surface area (Å²) in [7, 11) is 0. The second kappa shape index (κ2) is 8.68. The maximum absolute atomic E-state index is 12.5. The summed E-state index contributed by atoms with van der Waals surface area (Å²) >= 11 is 6.04. The van der Waals surface area contributed by atoms with Crippen LogP contribution in [0, 0.1) is 0 Å². The van der Waals surface area contributed by atoms with Gasteiger partial charge in [-0.15, -0.1) is 0 Å². The van der Waals surface area contributed by atoms with Crippen molar-refractivity contribution in [2.24, 2.45) is 0 Å². The van der Waals surface area contributed by atoms with Crippen LogP contribution >= 0.6 is 11.6 Å². The van der Waals surface area contributed by atoms with Crippen molar-refractivity contribution in [2.75, 3.05) is 19.7 Å². The van der Waals surface area contributed by atoms with Gasteiger partial charge in [-0.1, -0.05) is 35.9 Å². The van der Waals surface area contributed by atoms with Gasteiger partial charge in [0.15, 0.2) is 6.61 Å². The van der Waals surface area contributed by atoms with Crippen LogP contribution < -0.4 is 9.47 Å². The number of benzene rings is 2. The Hall–Kier alpha value is -2.83. The molecule has 2 atom stereocenters. The second-order valence-electron chi connectivity index (χ2n) is 6.92. The summed E-state index contributed by atoms with van der Waals surface area (Å²) in [5.41, 5.74) is 0. The monoisotopic (exact) mass is 412 g/mol. The summed E-state index contributed by atoms with van der Waals surface area (Å²) in [6.45, 7) is 0.554. The molecular formula is C22H21ClN2O4. The minimum absolute atomic E-state index is 0.127. The lowest BCUT2D eigenvalue weighted by molar-refractivity contribution is -0.139. The third-order valence-corrected chi connectivity index (χ3v) is 5.29. The molecule has 1 N–H and O–H groups in total. The van der Waals surface area contributed by atoms with Crippen molar-refractivity contribution < 1.29 is 19.4 Å². The highest BCUT2D eigenvalue weighted by atomic mass is 35.5. The predicted octanol–water partition coefficient (Wildman–Crippen LogP) is 3.31. The molecule has 1 amide bonds. The van der Waals surface area contributed by atoms with Gasteiger partial charge in [0.05, 0.1) is 11.6 Å². The Balaban J connectivity index is 1.35. The van der Waals surface area contributed by atoms with E-state index in [4.69, 9.17) is 21.1 Å². The summed E-state index contributed by atoms with van der Waals surface area (Å²) in [4.78, 5) is 18.2. The molecule has 7 heteroatoms. The van der Waals surface area contributed by atoms with Gasteiger partial charge >= 0.3 is 0 Å². The lowest BCUT2D eigenvalue weighted by Gasteiger charge is -2.36. The number of ether oxygens (including phenoxy) is 2. The number of carbonyl (C=O) groups is 1. The van der Waals surface area contributed by atoms with Crippen LogP contribution in [0.2, 0.25) is 5.02 Å². The van der Waals surface area contributed by atoms with Gasteiger partial charge in [-0.05, 0) is 24.3 Å². The highest BCUT2D eigenvalue weighted by Crippen LogP contribution is 2.28. The number of aromatic nitrogens is 1. The molecule has 1 saturated heterocycles. The van der Waals surface area contributed by atoms with Gasteiger partial charge in [0, 0.05) is 36.1 Å². The number of halogens is 1. The van der Waals surface area contributed by atoms with Gasteiger partial charge in [0.1, 0.15) is 23.7 Å². The van der Waals surface area contributed by atoms with Gasteiger partial charge in [0.2, 0.25) is 0 Å². The molecule has 1 aliphatic heterocycles. The van der Waals surface area contributed by atoms with E-state index in [1.807, 2.05) is 24.3 Å². The standard InChI is InChI=1S/C22H21ClN2O4/c23-17-5-1-2-6-20(17)28-14-22(27)25-11-9-21(18(26)13-25)29-19-7-3-4-15-12-24-10-8-16(15)19/h1-8,10,12,18,21,26H,9,11,13-14H2/t18-,21-/m1/s1. The van der Waals surface area contributed by atoms with Crippen LogP contribution in [0.15, 0.2) is 60.9 Å². The number of amides is 1. The third kappa shape index (κ3) is 4.44. The SMILES string of the molecule is O=C(COc1ccccc1Cl)N1CC[C@@H](Oc2cccc3cnccc23)[C@H](O)C1. The van der Waals surface area contributed by atoms with Crippen LogP contribution in [0.25, 0.3) is 10.8 Å². The second-order valence-corrected chi connectivity index (χ2v) is 7.33. The van der Waals surface area contributed by atoms with Crippen LogP contribution in [-0.4, -0.2) is 52.8 Å². The number of piperidine rings is 1. The van der Waals surface area contributed by atoms with E-state index in [0.717, 1.165) is 10.8 Å². The van der Waals surface area contributed by atoms with E-state index in [-0.39, 0.29) is 25.2 Å². The van der Waals surface area contributed by atoms with Gasteiger partial charge < -0.3 is 19.5 Å². The maximum Gasteiger partial charge on any atom is 0.260 e. The van der Waals surface area contributed by atoms with E-state index in [1.165, 1.54) is 0 Å². The number of hydrogen-bond acceptors (Lipinski definition) is 5. The van der Waals surface area contributed by atoms with Crippen molar-refractivity contribution >= 4 is 28.3 Å². The number of hydrogen-bond donors (Lipinski definition) is 1. The van der Waals surface area contributed by atoms with Crippen molar-refractivity contribution in [2.45, 2.75) is 18.6 Å². The van der Waals surface area contributed by atoms with Crippen LogP contribution in [0.1, 0.15) is 6.42 Å².